The number of carbonyl (C=O) groups excluding carboxylic acids is 1. The van der Waals surface area contributed by atoms with Crippen molar-refractivity contribution in [2.45, 2.75) is 39.7 Å². The molecule has 2 aromatic rings. The molecule has 1 aliphatic rings. The number of aromatic nitrogens is 1. The average molecular weight is 330 g/mol. The zero-order chi connectivity index (χ0) is 16.2. The van der Waals surface area contributed by atoms with Crippen molar-refractivity contribution in [1.82, 2.24) is 9.88 Å². The van der Waals surface area contributed by atoms with Gasteiger partial charge >= 0.3 is 0 Å². The van der Waals surface area contributed by atoms with Crippen LogP contribution in [-0.4, -0.2) is 28.9 Å². The largest absolute Gasteiger partial charge is 0.486 e. The highest BCUT2D eigenvalue weighted by Crippen LogP contribution is 2.23. The molecule has 122 valence electrons. The lowest BCUT2D eigenvalue weighted by Gasteiger charge is -2.26. The molecule has 0 N–H and O–H groups in total. The highest BCUT2D eigenvalue weighted by molar-refractivity contribution is 7.13. The van der Waals surface area contributed by atoms with Crippen molar-refractivity contribution in [3.05, 3.63) is 45.4 Å². The predicted molar refractivity (Wildman–Crippen MR) is 92.1 cm³/mol. The molecule has 5 heteroatoms. The summed E-state index contributed by atoms with van der Waals surface area (Å²) in [6.45, 7) is 6.09. The van der Waals surface area contributed by atoms with Crippen LogP contribution in [0.3, 0.4) is 0 Å². The van der Waals surface area contributed by atoms with Gasteiger partial charge in [0.25, 0.3) is 5.91 Å². The van der Waals surface area contributed by atoms with Crippen LogP contribution in [0.1, 0.15) is 45.2 Å². The zero-order valence-corrected chi connectivity index (χ0v) is 14.5. The molecule has 2 heterocycles. The van der Waals surface area contributed by atoms with Crippen LogP contribution in [0.5, 0.6) is 5.75 Å². The Morgan fingerprint density at radius 1 is 1.17 bits per heavy atom. The summed E-state index contributed by atoms with van der Waals surface area (Å²) >= 11 is 1.46. The summed E-state index contributed by atoms with van der Waals surface area (Å²) in [5.41, 5.74) is 2.02. The molecule has 1 amide bonds. The predicted octanol–water partition coefficient (Wildman–Crippen LogP) is 3.97. The van der Waals surface area contributed by atoms with Crippen LogP contribution in [0.2, 0.25) is 0 Å². The highest BCUT2D eigenvalue weighted by Gasteiger charge is 2.22. The topological polar surface area (TPSA) is 42.4 Å². The van der Waals surface area contributed by atoms with Gasteiger partial charge < -0.3 is 9.64 Å². The number of carbonyl (C=O) groups is 1. The summed E-state index contributed by atoms with van der Waals surface area (Å²) in [6.07, 6.45) is 3.43. The van der Waals surface area contributed by atoms with E-state index >= 15 is 0 Å². The van der Waals surface area contributed by atoms with E-state index in [2.05, 4.69) is 4.98 Å². The molecule has 1 saturated heterocycles. The van der Waals surface area contributed by atoms with Crippen molar-refractivity contribution in [3.63, 3.8) is 0 Å². The van der Waals surface area contributed by atoms with E-state index in [9.17, 15) is 4.79 Å². The minimum atomic E-state index is 0.126. The molecule has 0 saturated carbocycles. The monoisotopic (exact) mass is 330 g/mol. The summed E-state index contributed by atoms with van der Waals surface area (Å²) in [7, 11) is 0. The van der Waals surface area contributed by atoms with Crippen molar-refractivity contribution in [2.75, 3.05) is 13.1 Å². The number of aryl methyl sites for hydroxylation is 2. The lowest BCUT2D eigenvalue weighted by molar-refractivity contribution is 0.0728. The maximum Gasteiger partial charge on any atom is 0.265 e. The van der Waals surface area contributed by atoms with Gasteiger partial charge in [-0.15, -0.1) is 11.3 Å². The number of nitrogens with zero attached hydrogens (tertiary/aromatic N) is 2. The molecule has 1 fully saturated rings. The quantitative estimate of drug-likeness (QED) is 0.852. The summed E-state index contributed by atoms with van der Waals surface area (Å²) in [5, 5.41) is 0.850. The highest BCUT2D eigenvalue weighted by atomic mass is 32.1. The molecule has 0 aliphatic carbocycles. The minimum Gasteiger partial charge on any atom is -0.486 e. The van der Waals surface area contributed by atoms with Gasteiger partial charge in [-0.1, -0.05) is 17.7 Å². The molecule has 0 atom stereocenters. The third-order valence-electron chi connectivity index (χ3n) is 4.06. The standard InChI is InChI=1S/C18H22N2O2S/c1-13-6-8-15(9-7-13)22-12-16-19-14(2)17(23-16)18(21)20-10-4-3-5-11-20/h6-9H,3-5,10-12H2,1-2H3. The van der Waals surface area contributed by atoms with E-state index in [-0.39, 0.29) is 5.91 Å². The van der Waals surface area contributed by atoms with Crippen molar-refractivity contribution < 1.29 is 9.53 Å². The number of benzene rings is 1. The van der Waals surface area contributed by atoms with Crippen LogP contribution in [0.15, 0.2) is 24.3 Å². The molecule has 0 radical (unpaired) electrons. The number of piperidine rings is 1. The second-order valence-electron chi connectivity index (χ2n) is 5.98. The van der Waals surface area contributed by atoms with E-state index in [0.29, 0.717) is 6.61 Å². The van der Waals surface area contributed by atoms with E-state index in [1.807, 2.05) is 43.0 Å². The maximum atomic E-state index is 12.6. The number of hydrogen-bond acceptors (Lipinski definition) is 4. The Morgan fingerprint density at radius 2 is 1.87 bits per heavy atom. The normalized spacial score (nSPS) is 14.8. The minimum absolute atomic E-state index is 0.126. The molecular weight excluding hydrogens is 308 g/mol. The molecule has 0 spiro atoms. The molecular formula is C18H22N2O2S. The number of thiazole rings is 1. The van der Waals surface area contributed by atoms with Gasteiger partial charge in [-0.25, -0.2) is 4.98 Å². The van der Waals surface area contributed by atoms with Gasteiger partial charge in [0.2, 0.25) is 0 Å². The molecule has 0 unspecified atom stereocenters. The summed E-state index contributed by atoms with van der Waals surface area (Å²) < 4.78 is 5.76. The van der Waals surface area contributed by atoms with Crippen LogP contribution in [0, 0.1) is 13.8 Å². The molecule has 1 aromatic heterocycles. The number of ether oxygens (including phenoxy) is 1. The second-order valence-corrected chi connectivity index (χ2v) is 7.06. The lowest BCUT2D eigenvalue weighted by Crippen LogP contribution is -2.35. The van der Waals surface area contributed by atoms with Gasteiger partial charge in [0, 0.05) is 13.1 Å². The fraction of sp³-hybridized carbons (Fsp3) is 0.444. The Balaban J connectivity index is 1.65. The first kappa shape index (κ1) is 16.0. The van der Waals surface area contributed by atoms with Gasteiger partial charge in [-0.05, 0) is 45.2 Å². The van der Waals surface area contributed by atoms with Crippen LogP contribution in [0.4, 0.5) is 0 Å². The number of hydrogen-bond donors (Lipinski definition) is 0. The Bertz CT molecular complexity index is 673. The van der Waals surface area contributed by atoms with Crippen molar-refractivity contribution >= 4 is 17.2 Å². The fourth-order valence-corrected chi connectivity index (χ4v) is 3.68. The first-order chi connectivity index (χ1) is 11.1. The van der Waals surface area contributed by atoms with Crippen LogP contribution in [0.25, 0.3) is 0 Å². The number of amides is 1. The zero-order valence-electron chi connectivity index (χ0n) is 13.7. The van der Waals surface area contributed by atoms with Gasteiger partial charge in [-0.3, -0.25) is 4.79 Å². The van der Waals surface area contributed by atoms with Crippen LogP contribution >= 0.6 is 11.3 Å². The molecule has 4 nitrogen and oxygen atoms in total. The third kappa shape index (κ3) is 3.91. The summed E-state index contributed by atoms with van der Waals surface area (Å²) in [4.78, 5) is 19.8. The number of rotatable bonds is 4. The molecule has 0 bridgehead atoms. The van der Waals surface area contributed by atoms with E-state index in [0.717, 1.165) is 47.3 Å². The van der Waals surface area contributed by atoms with Crippen molar-refractivity contribution in [1.29, 1.82) is 0 Å². The van der Waals surface area contributed by atoms with Gasteiger partial charge in [0.05, 0.1) is 5.69 Å². The number of likely N-dealkylation sites (tertiary alicyclic amines) is 1. The van der Waals surface area contributed by atoms with E-state index in [1.54, 1.807) is 0 Å². The maximum absolute atomic E-state index is 12.6. The van der Waals surface area contributed by atoms with Crippen LogP contribution < -0.4 is 4.74 Å². The Labute approximate surface area is 141 Å². The summed E-state index contributed by atoms with van der Waals surface area (Å²) in [5.74, 6) is 0.952. The van der Waals surface area contributed by atoms with Crippen molar-refractivity contribution in [3.8, 4) is 5.75 Å². The first-order valence-electron chi connectivity index (χ1n) is 8.08. The van der Waals surface area contributed by atoms with E-state index in [1.165, 1.54) is 23.3 Å². The lowest BCUT2D eigenvalue weighted by atomic mass is 10.1. The average Bonchev–Trinajstić information content (AvgIpc) is 2.95. The molecule has 1 aliphatic heterocycles. The van der Waals surface area contributed by atoms with E-state index < -0.39 is 0 Å². The van der Waals surface area contributed by atoms with Gasteiger partial charge in [0.1, 0.15) is 22.2 Å². The fourth-order valence-electron chi connectivity index (χ4n) is 2.73. The van der Waals surface area contributed by atoms with Crippen LogP contribution in [-0.2, 0) is 6.61 Å². The first-order valence-corrected chi connectivity index (χ1v) is 8.90. The second kappa shape index (κ2) is 7.13. The SMILES string of the molecule is Cc1ccc(OCc2nc(C)c(C(=O)N3CCCCC3)s2)cc1. The Hall–Kier alpha value is -1.88. The van der Waals surface area contributed by atoms with Gasteiger partial charge in [-0.2, -0.15) is 0 Å². The van der Waals surface area contributed by atoms with E-state index in [4.69, 9.17) is 4.74 Å². The van der Waals surface area contributed by atoms with Crippen molar-refractivity contribution in [2.24, 2.45) is 0 Å². The van der Waals surface area contributed by atoms with Gasteiger partial charge in [0.15, 0.2) is 0 Å². The third-order valence-corrected chi connectivity index (χ3v) is 5.18. The summed E-state index contributed by atoms with van der Waals surface area (Å²) in [6, 6.07) is 7.95. The molecule has 23 heavy (non-hydrogen) atoms. The Kier molecular flexibility index (Phi) is 4.96. The molecule has 1 aromatic carbocycles. The smallest absolute Gasteiger partial charge is 0.265 e. The Morgan fingerprint density at radius 3 is 2.57 bits per heavy atom. The molecule has 3 rings (SSSR count).